The summed E-state index contributed by atoms with van der Waals surface area (Å²) < 4.78 is 1.59. The lowest BCUT2D eigenvalue weighted by Gasteiger charge is -2.14. The molecule has 0 aliphatic heterocycles. The van der Waals surface area contributed by atoms with Gasteiger partial charge in [-0.2, -0.15) is 0 Å². The van der Waals surface area contributed by atoms with Crippen molar-refractivity contribution in [3.05, 3.63) is 33.1 Å². The molecule has 2 aromatic heterocycles. The summed E-state index contributed by atoms with van der Waals surface area (Å²) in [5.41, 5.74) is 5.77. The highest BCUT2D eigenvalue weighted by Gasteiger charge is 2.20. The Morgan fingerprint density at radius 1 is 1.53 bits per heavy atom. The second kappa shape index (κ2) is 4.89. The molecule has 0 atom stereocenters. The number of amides is 1. The molecular formula is C12H13ClN4O2. The highest BCUT2D eigenvalue weighted by Crippen LogP contribution is 2.18. The van der Waals surface area contributed by atoms with E-state index in [0.29, 0.717) is 17.6 Å². The number of carbonyl (C=O) groups excluding carboxylic acids is 1. The van der Waals surface area contributed by atoms with Crippen LogP contribution in [0.4, 0.5) is 5.82 Å². The number of pyridine rings is 2. The number of nitrogens with two attached hydrogens (primary N) is 1. The maximum atomic E-state index is 12.3. The van der Waals surface area contributed by atoms with Gasteiger partial charge >= 0.3 is 0 Å². The van der Waals surface area contributed by atoms with Gasteiger partial charge in [-0.15, -0.1) is 0 Å². The van der Waals surface area contributed by atoms with Crippen LogP contribution in [0, 0.1) is 0 Å². The fraction of sp³-hybridized carbons (Fsp3) is 0.250. The maximum Gasteiger partial charge on any atom is 0.258 e. The fourth-order valence-corrected chi connectivity index (χ4v) is 2.12. The normalized spacial score (nSPS) is 10.7. The van der Waals surface area contributed by atoms with Crippen molar-refractivity contribution in [2.45, 2.75) is 13.5 Å². The van der Waals surface area contributed by atoms with Crippen LogP contribution in [0.3, 0.4) is 0 Å². The molecule has 0 radical (unpaired) electrons. The molecule has 0 aliphatic carbocycles. The molecule has 19 heavy (non-hydrogen) atoms. The molecule has 0 unspecified atom stereocenters. The van der Waals surface area contributed by atoms with E-state index in [-0.39, 0.29) is 16.5 Å². The average molecular weight is 281 g/mol. The Kier molecular flexibility index (Phi) is 3.44. The minimum atomic E-state index is -0.512. The van der Waals surface area contributed by atoms with Crippen LogP contribution in [0.5, 0.6) is 0 Å². The van der Waals surface area contributed by atoms with Crippen molar-refractivity contribution in [3.63, 3.8) is 0 Å². The smallest absolute Gasteiger partial charge is 0.258 e. The third kappa shape index (κ3) is 2.04. The van der Waals surface area contributed by atoms with E-state index in [4.69, 9.17) is 17.3 Å². The van der Waals surface area contributed by atoms with E-state index in [9.17, 15) is 9.59 Å². The van der Waals surface area contributed by atoms with Crippen molar-refractivity contribution < 1.29 is 4.79 Å². The molecule has 0 spiro atoms. The van der Waals surface area contributed by atoms with Gasteiger partial charge in [-0.1, -0.05) is 11.6 Å². The number of rotatable bonds is 2. The van der Waals surface area contributed by atoms with Gasteiger partial charge < -0.3 is 15.6 Å². The molecule has 2 aromatic rings. The number of fused-ring (bicyclic) bond motifs is 1. The fourth-order valence-electron chi connectivity index (χ4n) is 1.97. The van der Waals surface area contributed by atoms with Crippen LogP contribution >= 0.6 is 11.6 Å². The number of hydrogen-bond acceptors (Lipinski definition) is 4. The maximum absolute atomic E-state index is 12.3. The van der Waals surface area contributed by atoms with Gasteiger partial charge in [-0.25, -0.2) is 4.98 Å². The molecule has 1 amide bonds. The summed E-state index contributed by atoms with van der Waals surface area (Å²) in [4.78, 5) is 28.2. The quantitative estimate of drug-likeness (QED) is 0.804. The first-order valence-electron chi connectivity index (χ1n) is 5.71. The Labute approximate surface area is 114 Å². The number of halogens is 1. The molecule has 0 bridgehead atoms. The topological polar surface area (TPSA) is 90.0 Å². The largest absolute Gasteiger partial charge is 0.384 e. The lowest BCUT2D eigenvalue weighted by atomic mass is 10.1. The molecule has 0 fully saturated rings. The zero-order valence-corrected chi connectivity index (χ0v) is 11.3. The van der Waals surface area contributed by atoms with Crippen molar-refractivity contribution in [2.75, 3.05) is 12.8 Å². The van der Waals surface area contributed by atoms with Crippen LogP contribution < -0.4 is 16.5 Å². The van der Waals surface area contributed by atoms with Gasteiger partial charge in [0.1, 0.15) is 22.2 Å². The molecule has 2 rings (SSSR count). The average Bonchev–Trinajstić information content (AvgIpc) is 2.38. The summed E-state index contributed by atoms with van der Waals surface area (Å²) in [5, 5.41) is 3.00. The lowest BCUT2D eigenvalue weighted by Crippen LogP contribution is -2.30. The summed E-state index contributed by atoms with van der Waals surface area (Å²) in [7, 11) is 1.45. The Morgan fingerprint density at radius 3 is 2.79 bits per heavy atom. The Hall–Kier alpha value is -2.08. The van der Waals surface area contributed by atoms with Gasteiger partial charge in [0.15, 0.2) is 0 Å². The van der Waals surface area contributed by atoms with Crippen molar-refractivity contribution in [1.82, 2.24) is 14.9 Å². The van der Waals surface area contributed by atoms with Crippen molar-refractivity contribution in [2.24, 2.45) is 0 Å². The molecule has 100 valence electrons. The molecule has 3 N–H and O–H groups in total. The predicted octanol–water partition coefficient (Wildman–Crippen LogP) is 1.01. The zero-order valence-electron chi connectivity index (χ0n) is 10.5. The van der Waals surface area contributed by atoms with Crippen molar-refractivity contribution in [3.8, 4) is 0 Å². The molecule has 0 aliphatic rings. The van der Waals surface area contributed by atoms with E-state index in [0.717, 1.165) is 0 Å². The lowest BCUT2D eigenvalue weighted by molar-refractivity contribution is 0.0962. The monoisotopic (exact) mass is 280 g/mol. The van der Waals surface area contributed by atoms with Gasteiger partial charge in [0.05, 0.1) is 5.39 Å². The number of hydrogen-bond donors (Lipinski definition) is 2. The van der Waals surface area contributed by atoms with E-state index < -0.39 is 11.3 Å². The number of aromatic nitrogens is 2. The second-order valence-corrected chi connectivity index (χ2v) is 4.31. The van der Waals surface area contributed by atoms with Gasteiger partial charge in [0.2, 0.25) is 5.43 Å². The Bertz CT molecular complexity index is 724. The summed E-state index contributed by atoms with van der Waals surface area (Å²) >= 11 is 5.84. The van der Waals surface area contributed by atoms with Crippen molar-refractivity contribution >= 4 is 34.4 Å². The van der Waals surface area contributed by atoms with Crippen LogP contribution in [0.15, 0.2) is 16.9 Å². The van der Waals surface area contributed by atoms with Gasteiger partial charge in [-0.3, -0.25) is 9.59 Å². The van der Waals surface area contributed by atoms with Crippen LogP contribution in [-0.2, 0) is 6.54 Å². The van der Waals surface area contributed by atoms with Gasteiger partial charge in [-0.05, 0) is 19.1 Å². The number of aryl methyl sites for hydroxylation is 1. The number of nitrogen functional groups attached to an aromatic ring is 1. The minimum Gasteiger partial charge on any atom is -0.384 e. The third-order valence-electron chi connectivity index (χ3n) is 2.89. The summed E-state index contributed by atoms with van der Waals surface area (Å²) in [6.45, 7) is 2.32. The van der Waals surface area contributed by atoms with Crippen LogP contribution in [0.1, 0.15) is 17.3 Å². The Balaban J connectivity index is 2.98. The van der Waals surface area contributed by atoms with Crippen molar-refractivity contribution in [1.29, 1.82) is 0 Å². The molecule has 0 saturated heterocycles. The SMILES string of the molecule is CCn1c(N)c(C(=O)NC)c(=O)c2ccc(Cl)nc21. The van der Waals surface area contributed by atoms with E-state index >= 15 is 0 Å². The zero-order chi connectivity index (χ0) is 14.2. The number of nitrogens with zero attached hydrogens (tertiary/aromatic N) is 2. The van der Waals surface area contributed by atoms with E-state index in [2.05, 4.69) is 10.3 Å². The van der Waals surface area contributed by atoms with Crippen LogP contribution in [0.25, 0.3) is 11.0 Å². The molecule has 0 saturated carbocycles. The Morgan fingerprint density at radius 2 is 2.21 bits per heavy atom. The summed E-state index contributed by atoms with van der Waals surface area (Å²) in [6, 6.07) is 3.06. The van der Waals surface area contributed by atoms with E-state index in [1.54, 1.807) is 10.6 Å². The molecule has 2 heterocycles. The first-order valence-corrected chi connectivity index (χ1v) is 6.09. The molecular weight excluding hydrogens is 268 g/mol. The van der Waals surface area contributed by atoms with Gasteiger partial charge in [0.25, 0.3) is 5.91 Å². The highest BCUT2D eigenvalue weighted by atomic mass is 35.5. The molecule has 7 heteroatoms. The number of carbonyl (C=O) groups is 1. The summed E-state index contributed by atoms with van der Waals surface area (Å²) in [6.07, 6.45) is 0. The first-order chi connectivity index (χ1) is 9.01. The van der Waals surface area contributed by atoms with Crippen LogP contribution in [0.2, 0.25) is 5.15 Å². The van der Waals surface area contributed by atoms with E-state index in [1.807, 2.05) is 6.92 Å². The number of nitrogens with one attached hydrogen (secondary N) is 1. The summed E-state index contributed by atoms with van der Waals surface area (Å²) in [5.74, 6) is -0.421. The van der Waals surface area contributed by atoms with Crippen LogP contribution in [-0.4, -0.2) is 22.5 Å². The van der Waals surface area contributed by atoms with E-state index in [1.165, 1.54) is 13.1 Å². The molecule has 0 aromatic carbocycles. The van der Waals surface area contributed by atoms with Gasteiger partial charge in [0, 0.05) is 13.6 Å². The minimum absolute atomic E-state index is 0.0685. The standard InChI is InChI=1S/C12H13ClN4O2/c1-3-17-10(14)8(12(19)15-2)9(18)6-4-5-7(13)16-11(6)17/h4-5H,3,14H2,1-2H3,(H,15,19). The first kappa shape index (κ1) is 13.4. The number of anilines is 1. The predicted molar refractivity (Wildman–Crippen MR) is 74.5 cm³/mol. The second-order valence-electron chi connectivity index (χ2n) is 3.92. The highest BCUT2D eigenvalue weighted by molar-refractivity contribution is 6.29. The third-order valence-corrected chi connectivity index (χ3v) is 3.10. The molecule has 6 nitrogen and oxygen atoms in total.